The number of amides is 1. The fraction of sp³-hybridized carbons (Fsp3) is 0.739. The first kappa shape index (κ1) is 31.8. The summed E-state index contributed by atoms with van der Waals surface area (Å²) in [7, 11) is 1.08. The molecule has 0 aromatic rings. The summed E-state index contributed by atoms with van der Waals surface area (Å²) in [6.45, 7) is 8.17. The van der Waals surface area contributed by atoms with E-state index < -0.39 is 91.1 Å². The largest absolute Gasteiger partial charge is 0.465 e. The number of ether oxygens (including phenoxy) is 7. The molecule has 0 aliphatic carbocycles. The highest BCUT2D eigenvalue weighted by atomic mass is 16.7. The monoisotopic (exact) mass is 533 g/mol. The molecule has 1 heterocycles. The van der Waals surface area contributed by atoms with Gasteiger partial charge in [0.25, 0.3) is 5.79 Å². The van der Waals surface area contributed by atoms with E-state index in [-0.39, 0.29) is 0 Å². The summed E-state index contributed by atoms with van der Waals surface area (Å²) in [6.07, 6.45) is -6.87. The van der Waals surface area contributed by atoms with E-state index in [1.54, 1.807) is 13.8 Å². The van der Waals surface area contributed by atoms with Gasteiger partial charge >= 0.3 is 29.8 Å². The number of rotatable bonds is 11. The highest BCUT2D eigenvalue weighted by Gasteiger charge is 2.59. The van der Waals surface area contributed by atoms with Crippen LogP contribution in [0.5, 0.6) is 0 Å². The molecule has 1 rings (SSSR count). The predicted molar refractivity (Wildman–Crippen MR) is 121 cm³/mol. The van der Waals surface area contributed by atoms with Gasteiger partial charge in [-0.15, -0.1) is 0 Å². The molecule has 1 aliphatic heterocycles. The average molecular weight is 534 g/mol. The molecule has 1 saturated heterocycles. The highest BCUT2D eigenvalue weighted by molar-refractivity contribution is 5.79. The van der Waals surface area contributed by atoms with Gasteiger partial charge in [-0.25, -0.2) is 4.79 Å². The fourth-order valence-corrected chi connectivity index (χ4v) is 3.90. The van der Waals surface area contributed by atoms with Gasteiger partial charge in [-0.2, -0.15) is 0 Å². The number of esters is 5. The summed E-state index contributed by atoms with van der Waals surface area (Å²) in [5.74, 6) is -6.96. The van der Waals surface area contributed by atoms with Crippen molar-refractivity contribution in [2.24, 2.45) is 0 Å². The summed E-state index contributed by atoms with van der Waals surface area (Å²) in [5.41, 5.74) is 0. The first-order valence-electron chi connectivity index (χ1n) is 11.5. The Kier molecular flexibility index (Phi) is 11.9. The van der Waals surface area contributed by atoms with Crippen molar-refractivity contribution in [2.75, 3.05) is 13.7 Å². The highest BCUT2D eigenvalue weighted by Crippen LogP contribution is 2.37. The minimum atomic E-state index is -2.19. The lowest BCUT2D eigenvalue weighted by Crippen LogP contribution is -2.69. The SMILES string of the molecule is COC(=O)[C@@]1(OC(C)C)C[C@H](OC(C)=O)[C@@H](NC(C)=O)[C@H]([C@H](OC(C)=O)[C@@H](COC(C)=O)OC(C)=O)O1. The van der Waals surface area contributed by atoms with Gasteiger partial charge in [-0.3, -0.25) is 24.0 Å². The van der Waals surface area contributed by atoms with E-state index >= 15 is 0 Å². The molecule has 6 atom stereocenters. The van der Waals surface area contributed by atoms with Crippen LogP contribution in [-0.2, 0) is 61.9 Å². The van der Waals surface area contributed by atoms with Crippen molar-refractivity contribution in [1.29, 1.82) is 0 Å². The van der Waals surface area contributed by atoms with Crippen LogP contribution >= 0.6 is 0 Å². The first-order chi connectivity index (χ1) is 17.1. The number of carbonyl (C=O) groups is 6. The lowest BCUT2D eigenvalue weighted by atomic mass is 9.88. The number of hydrogen-bond acceptors (Lipinski definition) is 13. The zero-order valence-electron chi connectivity index (χ0n) is 22.2. The van der Waals surface area contributed by atoms with Gasteiger partial charge in [0.1, 0.15) is 18.8 Å². The standard InChI is InChI=1S/C23H35NO13/c1-11(2)36-23(22(30)31-8)9-17(33-14(5)27)19(24-12(3)25)21(37-23)20(35-16(7)29)18(34-15(6)28)10-32-13(4)26/h11,17-21H,9-10H2,1-8H3,(H,24,25)/t17-,18+,19+,20+,21+,23+/m0/s1. The molecule has 14 nitrogen and oxygen atoms in total. The molecule has 14 heteroatoms. The molecule has 0 saturated carbocycles. The Morgan fingerprint density at radius 3 is 1.95 bits per heavy atom. The molecule has 0 aromatic heterocycles. The normalized spacial score (nSPS) is 24.7. The molecule has 1 N–H and O–H groups in total. The molecule has 0 spiro atoms. The summed E-state index contributed by atoms with van der Waals surface area (Å²) in [6, 6.07) is -1.24. The zero-order chi connectivity index (χ0) is 28.5. The third-order valence-corrected chi connectivity index (χ3v) is 4.92. The van der Waals surface area contributed by atoms with E-state index in [2.05, 4.69) is 5.32 Å². The maximum absolute atomic E-state index is 13.0. The van der Waals surface area contributed by atoms with Crippen LogP contribution in [0.3, 0.4) is 0 Å². The van der Waals surface area contributed by atoms with E-state index in [1.807, 2.05) is 0 Å². The van der Waals surface area contributed by atoms with E-state index in [1.165, 1.54) is 6.92 Å². The van der Waals surface area contributed by atoms with Gasteiger partial charge in [0.2, 0.25) is 5.91 Å². The second-order valence-corrected chi connectivity index (χ2v) is 8.60. The van der Waals surface area contributed by atoms with Gasteiger partial charge in [-0.1, -0.05) is 0 Å². The van der Waals surface area contributed by atoms with E-state index in [0.717, 1.165) is 34.8 Å². The number of hydrogen-bond donors (Lipinski definition) is 1. The second-order valence-electron chi connectivity index (χ2n) is 8.60. The molecule has 0 radical (unpaired) electrons. The van der Waals surface area contributed by atoms with Crippen molar-refractivity contribution in [3.8, 4) is 0 Å². The Morgan fingerprint density at radius 1 is 0.919 bits per heavy atom. The predicted octanol–water partition coefficient (Wildman–Crippen LogP) is -0.0675. The molecule has 210 valence electrons. The van der Waals surface area contributed by atoms with Crippen LogP contribution in [0, 0.1) is 0 Å². The number of carbonyl (C=O) groups excluding carboxylic acids is 6. The molecule has 0 unspecified atom stereocenters. The maximum Gasteiger partial charge on any atom is 0.366 e. The summed E-state index contributed by atoms with van der Waals surface area (Å²) in [5, 5.41) is 2.57. The summed E-state index contributed by atoms with van der Waals surface area (Å²) < 4.78 is 37.9. The Labute approximate surface area is 214 Å². The number of nitrogens with one attached hydrogen (secondary N) is 1. The minimum Gasteiger partial charge on any atom is -0.465 e. The maximum atomic E-state index is 13.0. The van der Waals surface area contributed by atoms with Crippen molar-refractivity contribution < 1.29 is 61.9 Å². The topological polar surface area (TPSA) is 179 Å². The zero-order valence-corrected chi connectivity index (χ0v) is 22.2. The minimum absolute atomic E-state index is 0.409. The third kappa shape index (κ3) is 9.61. The fourth-order valence-electron chi connectivity index (χ4n) is 3.90. The van der Waals surface area contributed by atoms with Crippen LogP contribution in [0.1, 0.15) is 54.9 Å². The molecule has 0 aromatic carbocycles. The van der Waals surface area contributed by atoms with Crippen molar-refractivity contribution in [3.05, 3.63) is 0 Å². The molecular weight excluding hydrogens is 498 g/mol. The summed E-state index contributed by atoms with van der Waals surface area (Å²) >= 11 is 0. The Balaban J connectivity index is 3.81. The molecule has 0 bridgehead atoms. The van der Waals surface area contributed by atoms with E-state index in [0.29, 0.717) is 0 Å². The summed E-state index contributed by atoms with van der Waals surface area (Å²) in [4.78, 5) is 72.6. The molecule has 1 aliphatic rings. The van der Waals surface area contributed by atoms with Crippen LogP contribution in [0.25, 0.3) is 0 Å². The molecular formula is C23H35NO13. The first-order valence-corrected chi connectivity index (χ1v) is 11.5. The molecule has 1 amide bonds. The van der Waals surface area contributed by atoms with E-state index in [4.69, 9.17) is 33.2 Å². The Hall–Kier alpha value is -3.26. The van der Waals surface area contributed by atoms with Crippen LogP contribution < -0.4 is 5.32 Å². The number of methoxy groups -OCH3 is 1. The molecule has 37 heavy (non-hydrogen) atoms. The van der Waals surface area contributed by atoms with Crippen molar-refractivity contribution >= 4 is 35.8 Å². The van der Waals surface area contributed by atoms with Crippen molar-refractivity contribution in [3.63, 3.8) is 0 Å². The quantitative estimate of drug-likeness (QED) is 0.276. The van der Waals surface area contributed by atoms with Crippen LogP contribution in [0.4, 0.5) is 0 Å². The Morgan fingerprint density at radius 2 is 1.51 bits per heavy atom. The lowest BCUT2D eigenvalue weighted by molar-refractivity contribution is -0.322. The van der Waals surface area contributed by atoms with E-state index in [9.17, 15) is 28.8 Å². The van der Waals surface area contributed by atoms with Crippen LogP contribution in [-0.4, -0.2) is 91.8 Å². The van der Waals surface area contributed by atoms with Crippen molar-refractivity contribution in [2.45, 2.75) is 97.2 Å². The van der Waals surface area contributed by atoms with Crippen LogP contribution in [0.15, 0.2) is 0 Å². The second kappa shape index (κ2) is 13.9. The Bertz CT molecular complexity index is 873. The van der Waals surface area contributed by atoms with Crippen LogP contribution in [0.2, 0.25) is 0 Å². The van der Waals surface area contributed by atoms with Gasteiger partial charge in [-0.05, 0) is 13.8 Å². The smallest absolute Gasteiger partial charge is 0.366 e. The van der Waals surface area contributed by atoms with Gasteiger partial charge in [0, 0.05) is 34.6 Å². The average Bonchev–Trinajstić information content (AvgIpc) is 2.74. The van der Waals surface area contributed by atoms with Crippen molar-refractivity contribution in [1.82, 2.24) is 5.32 Å². The third-order valence-electron chi connectivity index (χ3n) is 4.92. The van der Waals surface area contributed by atoms with Gasteiger partial charge in [0.15, 0.2) is 12.2 Å². The van der Waals surface area contributed by atoms with Gasteiger partial charge in [0.05, 0.1) is 25.7 Å². The molecule has 1 fully saturated rings. The van der Waals surface area contributed by atoms with Gasteiger partial charge < -0.3 is 38.5 Å². The lowest BCUT2D eigenvalue weighted by Gasteiger charge is -2.48.